The van der Waals surface area contributed by atoms with Crippen molar-refractivity contribution in [2.45, 2.75) is 39.0 Å². The standard InChI is InChI=1S/C16H22F2N2O3/c1-10-7-8-20(9-14(10)21)16(22)19-11(2)12-3-5-13(6-4-12)23-15(17)18/h3-6,10-11,14-15,21H,7-9H2,1-2H3,(H,19,22). The Kier molecular flexibility index (Phi) is 5.76. The van der Waals surface area contributed by atoms with Gasteiger partial charge in [0, 0.05) is 13.1 Å². The average Bonchev–Trinajstić information content (AvgIpc) is 2.50. The maximum absolute atomic E-state index is 12.2. The molecule has 0 radical (unpaired) electrons. The number of hydrogen-bond acceptors (Lipinski definition) is 3. The van der Waals surface area contributed by atoms with Crippen LogP contribution in [0.2, 0.25) is 0 Å². The van der Waals surface area contributed by atoms with E-state index in [0.29, 0.717) is 13.1 Å². The van der Waals surface area contributed by atoms with Gasteiger partial charge in [0.2, 0.25) is 0 Å². The fourth-order valence-corrected chi connectivity index (χ4v) is 2.53. The molecule has 128 valence electrons. The summed E-state index contributed by atoms with van der Waals surface area (Å²) in [6, 6.07) is 5.63. The van der Waals surface area contributed by atoms with Crippen LogP contribution in [0.3, 0.4) is 0 Å². The fraction of sp³-hybridized carbons (Fsp3) is 0.562. The Morgan fingerprint density at radius 2 is 2.04 bits per heavy atom. The van der Waals surface area contributed by atoms with E-state index in [1.807, 2.05) is 13.8 Å². The van der Waals surface area contributed by atoms with Crippen molar-refractivity contribution in [3.05, 3.63) is 29.8 Å². The summed E-state index contributed by atoms with van der Waals surface area (Å²) in [7, 11) is 0. The summed E-state index contributed by atoms with van der Waals surface area (Å²) >= 11 is 0. The average molecular weight is 328 g/mol. The van der Waals surface area contributed by atoms with E-state index >= 15 is 0 Å². The molecule has 0 bridgehead atoms. The Morgan fingerprint density at radius 3 is 2.61 bits per heavy atom. The molecule has 3 unspecified atom stereocenters. The third kappa shape index (κ3) is 4.79. The van der Waals surface area contributed by atoms with Crippen molar-refractivity contribution in [2.24, 2.45) is 5.92 Å². The number of ether oxygens (including phenoxy) is 1. The van der Waals surface area contributed by atoms with Crippen molar-refractivity contribution in [2.75, 3.05) is 13.1 Å². The van der Waals surface area contributed by atoms with Crippen LogP contribution in [0.5, 0.6) is 5.75 Å². The number of hydrogen-bond donors (Lipinski definition) is 2. The molecule has 23 heavy (non-hydrogen) atoms. The number of β-amino-alcohol motifs (C(OH)–C–C–N with tert-alkyl or cyclic N) is 1. The summed E-state index contributed by atoms with van der Waals surface area (Å²) in [4.78, 5) is 13.8. The highest BCUT2D eigenvalue weighted by Gasteiger charge is 2.27. The van der Waals surface area contributed by atoms with E-state index in [4.69, 9.17) is 0 Å². The summed E-state index contributed by atoms with van der Waals surface area (Å²) in [5.74, 6) is 0.272. The number of carbonyl (C=O) groups excluding carboxylic acids is 1. The van der Waals surface area contributed by atoms with Gasteiger partial charge in [-0.05, 0) is 37.0 Å². The summed E-state index contributed by atoms with van der Waals surface area (Å²) in [6.07, 6.45) is 0.262. The topological polar surface area (TPSA) is 61.8 Å². The van der Waals surface area contributed by atoms with Gasteiger partial charge in [-0.2, -0.15) is 8.78 Å². The smallest absolute Gasteiger partial charge is 0.387 e. The lowest BCUT2D eigenvalue weighted by Gasteiger charge is -2.35. The van der Waals surface area contributed by atoms with Crippen molar-refractivity contribution in [3.8, 4) is 5.75 Å². The normalized spacial score (nSPS) is 22.8. The van der Waals surface area contributed by atoms with E-state index in [1.54, 1.807) is 17.0 Å². The minimum absolute atomic E-state index is 0.0791. The number of urea groups is 1. The van der Waals surface area contributed by atoms with Gasteiger partial charge in [0.05, 0.1) is 12.1 Å². The van der Waals surface area contributed by atoms with Crippen LogP contribution in [0, 0.1) is 5.92 Å². The predicted molar refractivity (Wildman–Crippen MR) is 81.4 cm³/mol. The molecule has 1 heterocycles. The van der Waals surface area contributed by atoms with Gasteiger partial charge < -0.3 is 20.1 Å². The number of amides is 2. The molecule has 1 saturated heterocycles. The van der Waals surface area contributed by atoms with Crippen LogP contribution in [0.1, 0.15) is 31.9 Å². The van der Waals surface area contributed by atoms with E-state index < -0.39 is 12.7 Å². The number of aliphatic hydroxyl groups is 1. The molecule has 1 aliphatic heterocycles. The van der Waals surface area contributed by atoms with Gasteiger partial charge in [-0.3, -0.25) is 0 Å². The molecule has 7 heteroatoms. The number of benzene rings is 1. The minimum atomic E-state index is -2.86. The number of halogens is 2. The van der Waals surface area contributed by atoms with Crippen LogP contribution in [0.15, 0.2) is 24.3 Å². The molecule has 5 nitrogen and oxygen atoms in total. The maximum Gasteiger partial charge on any atom is 0.387 e. The van der Waals surface area contributed by atoms with Gasteiger partial charge in [-0.25, -0.2) is 4.79 Å². The molecule has 0 aliphatic carbocycles. The Hall–Kier alpha value is -1.89. The molecular weight excluding hydrogens is 306 g/mol. The lowest BCUT2D eigenvalue weighted by molar-refractivity contribution is -0.0498. The summed E-state index contributed by atoms with van der Waals surface area (Å²) in [5.41, 5.74) is 0.783. The van der Waals surface area contributed by atoms with Crippen LogP contribution in [-0.2, 0) is 0 Å². The molecule has 0 saturated carbocycles. The van der Waals surface area contributed by atoms with Crippen molar-refractivity contribution in [1.29, 1.82) is 0 Å². The first-order valence-electron chi connectivity index (χ1n) is 7.65. The molecule has 0 spiro atoms. The van der Waals surface area contributed by atoms with Crippen molar-refractivity contribution in [1.82, 2.24) is 10.2 Å². The molecule has 1 aliphatic rings. The number of rotatable bonds is 4. The fourth-order valence-electron chi connectivity index (χ4n) is 2.53. The predicted octanol–water partition coefficient (Wildman–Crippen LogP) is 2.76. The molecule has 2 N–H and O–H groups in total. The second-order valence-corrected chi connectivity index (χ2v) is 5.90. The quantitative estimate of drug-likeness (QED) is 0.893. The third-order valence-electron chi connectivity index (χ3n) is 4.15. The number of likely N-dealkylation sites (tertiary alicyclic amines) is 1. The van der Waals surface area contributed by atoms with E-state index in [-0.39, 0.29) is 23.7 Å². The Bertz CT molecular complexity index is 525. The monoisotopic (exact) mass is 328 g/mol. The van der Waals surface area contributed by atoms with Gasteiger partial charge in [-0.1, -0.05) is 19.1 Å². The van der Waals surface area contributed by atoms with Crippen molar-refractivity contribution >= 4 is 6.03 Å². The zero-order valence-electron chi connectivity index (χ0n) is 13.2. The van der Waals surface area contributed by atoms with Gasteiger partial charge >= 0.3 is 12.6 Å². The van der Waals surface area contributed by atoms with Gasteiger partial charge in [0.15, 0.2) is 0 Å². The molecule has 1 fully saturated rings. The summed E-state index contributed by atoms with van der Waals surface area (Å²) in [5, 5.41) is 12.7. The SMILES string of the molecule is CC(NC(=O)N1CCC(C)C(O)C1)c1ccc(OC(F)F)cc1. The van der Waals surface area contributed by atoms with Gasteiger partial charge in [0.1, 0.15) is 5.75 Å². The highest BCUT2D eigenvalue weighted by atomic mass is 19.3. The number of nitrogens with one attached hydrogen (secondary N) is 1. The minimum Gasteiger partial charge on any atom is -0.435 e. The van der Waals surface area contributed by atoms with E-state index in [2.05, 4.69) is 10.1 Å². The third-order valence-corrected chi connectivity index (χ3v) is 4.15. The highest BCUT2D eigenvalue weighted by Crippen LogP contribution is 2.21. The maximum atomic E-state index is 12.2. The number of piperidine rings is 1. The van der Waals surface area contributed by atoms with E-state index in [9.17, 15) is 18.7 Å². The lowest BCUT2D eigenvalue weighted by atomic mass is 9.96. The largest absolute Gasteiger partial charge is 0.435 e. The van der Waals surface area contributed by atoms with Gasteiger partial charge in [-0.15, -0.1) is 0 Å². The van der Waals surface area contributed by atoms with Crippen molar-refractivity contribution < 1.29 is 23.4 Å². The van der Waals surface area contributed by atoms with Crippen molar-refractivity contribution in [3.63, 3.8) is 0 Å². The number of alkyl halides is 2. The summed E-state index contributed by atoms with van der Waals surface area (Å²) < 4.78 is 28.5. The van der Waals surface area contributed by atoms with Crippen LogP contribution in [-0.4, -0.2) is 41.8 Å². The molecule has 0 aromatic heterocycles. The van der Waals surface area contributed by atoms with Gasteiger partial charge in [0.25, 0.3) is 0 Å². The van der Waals surface area contributed by atoms with E-state index in [0.717, 1.165) is 12.0 Å². The van der Waals surface area contributed by atoms with Crippen LogP contribution in [0.4, 0.5) is 13.6 Å². The van der Waals surface area contributed by atoms with E-state index in [1.165, 1.54) is 12.1 Å². The Balaban J connectivity index is 1.90. The zero-order chi connectivity index (χ0) is 17.0. The first kappa shape index (κ1) is 17.5. The second kappa shape index (κ2) is 7.59. The number of aliphatic hydroxyl groups excluding tert-OH is 1. The Labute approximate surface area is 134 Å². The molecule has 1 aromatic carbocycles. The molecule has 3 atom stereocenters. The lowest BCUT2D eigenvalue weighted by Crippen LogP contribution is -2.50. The Morgan fingerprint density at radius 1 is 1.39 bits per heavy atom. The highest BCUT2D eigenvalue weighted by molar-refractivity contribution is 5.74. The van der Waals surface area contributed by atoms with Crippen LogP contribution in [0.25, 0.3) is 0 Å². The summed E-state index contributed by atoms with van der Waals surface area (Å²) in [6.45, 7) is 1.85. The number of carbonyl (C=O) groups is 1. The first-order valence-corrected chi connectivity index (χ1v) is 7.65. The molecule has 2 amide bonds. The number of nitrogens with zero attached hydrogens (tertiary/aromatic N) is 1. The van der Waals surface area contributed by atoms with Crippen LogP contribution >= 0.6 is 0 Å². The van der Waals surface area contributed by atoms with Crippen LogP contribution < -0.4 is 10.1 Å². The molecular formula is C16H22F2N2O3. The zero-order valence-corrected chi connectivity index (χ0v) is 13.2. The first-order chi connectivity index (χ1) is 10.9. The molecule has 2 rings (SSSR count). The molecule has 1 aromatic rings. The second-order valence-electron chi connectivity index (χ2n) is 5.90.